The topological polar surface area (TPSA) is 0 Å². The van der Waals surface area contributed by atoms with Crippen molar-refractivity contribution in [2.45, 2.75) is 51.1 Å². The van der Waals surface area contributed by atoms with Gasteiger partial charge in [-0.25, -0.2) is 4.39 Å². The van der Waals surface area contributed by atoms with Gasteiger partial charge in [-0.3, -0.25) is 0 Å². The van der Waals surface area contributed by atoms with Gasteiger partial charge in [0.15, 0.2) is 0 Å². The molecule has 0 saturated heterocycles. The zero-order chi connectivity index (χ0) is 7.68. The van der Waals surface area contributed by atoms with E-state index in [0.717, 1.165) is 18.8 Å². The highest BCUT2D eigenvalue weighted by Crippen LogP contribution is 2.41. The molecule has 1 heteroatoms. The average Bonchev–Trinajstić information content (AvgIpc) is 2.06. The normalized spacial score (nSPS) is 45.0. The van der Waals surface area contributed by atoms with Gasteiger partial charge >= 0.3 is 0 Å². The van der Waals surface area contributed by atoms with Gasteiger partial charge in [-0.1, -0.05) is 25.7 Å². The van der Waals surface area contributed by atoms with Crippen LogP contribution in [0.5, 0.6) is 0 Å². The molecule has 0 aromatic heterocycles. The zero-order valence-corrected chi connectivity index (χ0v) is 7.06. The predicted octanol–water partition coefficient (Wildman–Crippen LogP) is 3.31. The van der Waals surface area contributed by atoms with Crippen LogP contribution in [0.15, 0.2) is 0 Å². The Kier molecular flexibility index (Phi) is 2.15. The Morgan fingerprint density at radius 2 is 1.55 bits per heavy atom. The molecule has 11 heavy (non-hydrogen) atoms. The minimum atomic E-state index is -0.450. The van der Waals surface area contributed by atoms with E-state index in [2.05, 4.69) is 0 Å². The molecular weight excluding hydrogens is 139 g/mol. The molecule has 64 valence electrons. The van der Waals surface area contributed by atoms with Crippen LogP contribution in [-0.2, 0) is 0 Å². The van der Waals surface area contributed by atoms with E-state index in [-0.39, 0.29) is 0 Å². The summed E-state index contributed by atoms with van der Waals surface area (Å²) in [5.74, 6) is 1.21. The highest BCUT2D eigenvalue weighted by Gasteiger charge is 2.34. The quantitative estimate of drug-likeness (QED) is 0.504. The van der Waals surface area contributed by atoms with Gasteiger partial charge in [0.2, 0.25) is 0 Å². The third-order valence-electron chi connectivity index (χ3n) is 3.49. The maximum absolute atomic E-state index is 13.3. The van der Waals surface area contributed by atoms with Gasteiger partial charge in [0.05, 0.1) is 0 Å². The Hall–Kier alpha value is -0.0700. The molecule has 0 aromatic carbocycles. The van der Waals surface area contributed by atoms with Gasteiger partial charge in [-0.15, -0.1) is 0 Å². The molecule has 2 saturated carbocycles. The van der Waals surface area contributed by atoms with Crippen molar-refractivity contribution in [1.29, 1.82) is 0 Å². The lowest BCUT2D eigenvalue weighted by Gasteiger charge is -2.37. The number of fused-ring (bicyclic) bond motifs is 1. The van der Waals surface area contributed by atoms with Gasteiger partial charge < -0.3 is 0 Å². The Morgan fingerprint density at radius 3 is 2.36 bits per heavy atom. The Labute approximate surface area is 68.2 Å². The molecule has 0 unspecified atom stereocenters. The van der Waals surface area contributed by atoms with Crippen LogP contribution < -0.4 is 0 Å². The minimum absolute atomic E-state index is 0.450. The highest BCUT2D eigenvalue weighted by molar-refractivity contribution is 4.84. The van der Waals surface area contributed by atoms with E-state index in [1.54, 1.807) is 0 Å². The van der Waals surface area contributed by atoms with E-state index < -0.39 is 6.17 Å². The number of alkyl halides is 1. The summed E-state index contributed by atoms with van der Waals surface area (Å²) in [4.78, 5) is 0. The van der Waals surface area contributed by atoms with E-state index in [1.165, 1.54) is 32.1 Å². The van der Waals surface area contributed by atoms with E-state index >= 15 is 0 Å². The monoisotopic (exact) mass is 156 g/mol. The summed E-state index contributed by atoms with van der Waals surface area (Å²) in [6.07, 6.45) is 7.97. The molecule has 2 fully saturated rings. The van der Waals surface area contributed by atoms with E-state index in [9.17, 15) is 4.39 Å². The second kappa shape index (κ2) is 3.12. The molecule has 3 atom stereocenters. The Balaban J connectivity index is 1.99. The third kappa shape index (κ3) is 1.43. The molecule has 2 aliphatic carbocycles. The van der Waals surface area contributed by atoms with Crippen LogP contribution in [0.25, 0.3) is 0 Å². The lowest BCUT2D eigenvalue weighted by Crippen LogP contribution is -2.31. The SMILES string of the molecule is F[C@@H]1CCC[C@@H]2CCCC[C@H]21. The summed E-state index contributed by atoms with van der Waals surface area (Å²) in [6, 6.07) is 0. The van der Waals surface area contributed by atoms with Gasteiger partial charge in [0.25, 0.3) is 0 Å². The lowest BCUT2D eigenvalue weighted by atomic mass is 9.70. The molecule has 0 bridgehead atoms. The average molecular weight is 156 g/mol. The second-order valence-electron chi connectivity index (χ2n) is 4.16. The number of hydrogen-bond donors (Lipinski definition) is 0. The van der Waals surface area contributed by atoms with Crippen LogP contribution in [0.4, 0.5) is 4.39 Å². The van der Waals surface area contributed by atoms with Crippen molar-refractivity contribution >= 4 is 0 Å². The first kappa shape index (κ1) is 7.57. The number of halogens is 1. The standard InChI is InChI=1S/C10H17F/c11-10-7-3-5-8-4-1-2-6-9(8)10/h8-10H,1-7H2/t8-,9+,10+/m0/s1. The van der Waals surface area contributed by atoms with E-state index in [0.29, 0.717) is 5.92 Å². The fraction of sp³-hybridized carbons (Fsp3) is 1.00. The first-order chi connectivity index (χ1) is 5.38. The van der Waals surface area contributed by atoms with Crippen molar-refractivity contribution in [2.75, 3.05) is 0 Å². The van der Waals surface area contributed by atoms with E-state index in [4.69, 9.17) is 0 Å². The lowest BCUT2D eigenvalue weighted by molar-refractivity contribution is 0.0717. The summed E-state index contributed by atoms with van der Waals surface area (Å²) in [6.45, 7) is 0. The molecule has 0 spiro atoms. The van der Waals surface area contributed by atoms with Crippen LogP contribution in [0, 0.1) is 11.8 Å². The molecule has 0 aromatic rings. The van der Waals surface area contributed by atoms with Gasteiger partial charge in [-0.2, -0.15) is 0 Å². The van der Waals surface area contributed by atoms with Crippen LogP contribution in [-0.4, -0.2) is 6.17 Å². The number of hydrogen-bond acceptors (Lipinski definition) is 0. The molecular formula is C10H17F. The molecule has 2 rings (SSSR count). The fourth-order valence-electron chi connectivity index (χ4n) is 2.86. The fourth-order valence-corrected chi connectivity index (χ4v) is 2.86. The van der Waals surface area contributed by atoms with E-state index in [1.807, 2.05) is 0 Å². The first-order valence-electron chi connectivity index (χ1n) is 5.02. The molecule has 0 nitrogen and oxygen atoms in total. The van der Waals surface area contributed by atoms with Crippen LogP contribution in [0.3, 0.4) is 0 Å². The van der Waals surface area contributed by atoms with Crippen molar-refractivity contribution in [1.82, 2.24) is 0 Å². The van der Waals surface area contributed by atoms with Crippen LogP contribution in [0.1, 0.15) is 44.9 Å². The van der Waals surface area contributed by atoms with Crippen LogP contribution >= 0.6 is 0 Å². The summed E-state index contributed by atoms with van der Waals surface area (Å²) >= 11 is 0. The zero-order valence-electron chi connectivity index (χ0n) is 7.06. The summed E-state index contributed by atoms with van der Waals surface area (Å²) < 4.78 is 13.3. The maximum atomic E-state index is 13.3. The van der Waals surface area contributed by atoms with Gasteiger partial charge in [0.1, 0.15) is 6.17 Å². The van der Waals surface area contributed by atoms with Crippen molar-refractivity contribution in [3.8, 4) is 0 Å². The summed E-state index contributed by atoms with van der Waals surface area (Å²) in [7, 11) is 0. The summed E-state index contributed by atoms with van der Waals surface area (Å²) in [5, 5.41) is 0. The second-order valence-corrected chi connectivity index (χ2v) is 4.16. The van der Waals surface area contributed by atoms with Gasteiger partial charge in [-0.05, 0) is 31.1 Å². The highest BCUT2D eigenvalue weighted by atomic mass is 19.1. The summed E-state index contributed by atoms with van der Waals surface area (Å²) in [5.41, 5.74) is 0. The van der Waals surface area contributed by atoms with Crippen LogP contribution in [0.2, 0.25) is 0 Å². The molecule has 0 aliphatic heterocycles. The van der Waals surface area contributed by atoms with Crippen molar-refractivity contribution in [2.24, 2.45) is 11.8 Å². The minimum Gasteiger partial charge on any atom is -0.247 e. The molecule has 0 amide bonds. The smallest absolute Gasteiger partial charge is 0.103 e. The molecule has 0 heterocycles. The van der Waals surface area contributed by atoms with Crippen molar-refractivity contribution < 1.29 is 4.39 Å². The Morgan fingerprint density at radius 1 is 0.818 bits per heavy atom. The van der Waals surface area contributed by atoms with Gasteiger partial charge in [0, 0.05) is 0 Å². The van der Waals surface area contributed by atoms with Crippen molar-refractivity contribution in [3.05, 3.63) is 0 Å². The Bertz CT molecular complexity index is 131. The molecule has 0 N–H and O–H groups in total. The number of rotatable bonds is 0. The molecule has 2 aliphatic rings. The van der Waals surface area contributed by atoms with Crippen molar-refractivity contribution in [3.63, 3.8) is 0 Å². The third-order valence-corrected chi connectivity index (χ3v) is 3.49. The largest absolute Gasteiger partial charge is 0.247 e. The first-order valence-corrected chi connectivity index (χ1v) is 5.02. The predicted molar refractivity (Wildman–Crippen MR) is 44.2 cm³/mol. The maximum Gasteiger partial charge on any atom is 0.103 e. The molecule has 0 radical (unpaired) electrons.